The Morgan fingerprint density at radius 1 is 0.857 bits per heavy atom. The lowest BCUT2D eigenvalue weighted by molar-refractivity contribution is 0.0745. The van der Waals surface area contributed by atoms with E-state index in [0.29, 0.717) is 13.1 Å². The minimum absolute atomic E-state index is 0.0987. The predicted octanol–water partition coefficient (Wildman–Crippen LogP) is 3.72. The van der Waals surface area contributed by atoms with Crippen molar-refractivity contribution in [1.29, 1.82) is 0 Å². The van der Waals surface area contributed by atoms with Crippen molar-refractivity contribution in [2.75, 3.05) is 31.1 Å². The predicted molar refractivity (Wildman–Crippen MR) is 112 cm³/mol. The maximum absolute atomic E-state index is 13.0. The molecule has 0 aliphatic carbocycles. The first kappa shape index (κ1) is 18.2. The lowest BCUT2D eigenvalue weighted by Crippen LogP contribution is -2.49. The van der Waals surface area contributed by atoms with Gasteiger partial charge in [0.15, 0.2) is 0 Å². The monoisotopic (exact) mass is 372 g/mol. The Bertz CT molecular complexity index is 962. The summed E-state index contributed by atoms with van der Waals surface area (Å²) in [5.41, 5.74) is 5.34. The molecule has 142 valence electrons. The second kappa shape index (κ2) is 7.80. The van der Waals surface area contributed by atoms with Crippen LogP contribution in [0.2, 0.25) is 0 Å². The highest BCUT2D eigenvalue weighted by Gasteiger charge is 2.24. The summed E-state index contributed by atoms with van der Waals surface area (Å²) < 4.78 is 0. The van der Waals surface area contributed by atoms with Crippen LogP contribution in [-0.2, 0) is 0 Å². The number of aryl methyl sites for hydroxylation is 2. The Kier molecular flexibility index (Phi) is 5.06. The number of carbonyl (C=O) groups is 1. The lowest BCUT2D eigenvalue weighted by Gasteiger charge is -2.35. The molecule has 1 amide bonds. The zero-order chi connectivity index (χ0) is 19.5. The molecule has 0 radical (unpaired) electrons. The average molecular weight is 372 g/mol. The summed E-state index contributed by atoms with van der Waals surface area (Å²) in [6.07, 6.45) is 3.50. The molecule has 0 atom stereocenters. The third-order valence-electron chi connectivity index (χ3n) is 5.24. The molecule has 28 heavy (non-hydrogen) atoms. The highest BCUT2D eigenvalue weighted by Crippen LogP contribution is 2.24. The SMILES string of the molecule is Cc1ccc(-c2ccc(C(=O)N3CCN(c4ncccn4)CC3)c(C)c2)cc1. The van der Waals surface area contributed by atoms with E-state index in [4.69, 9.17) is 0 Å². The summed E-state index contributed by atoms with van der Waals surface area (Å²) in [5.74, 6) is 0.829. The van der Waals surface area contributed by atoms with E-state index in [1.54, 1.807) is 12.4 Å². The van der Waals surface area contributed by atoms with Crippen molar-refractivity contribution in [2.24, 2.45) is 0 Å². The number of nitrogens with zero attached hydrogens (tertiary/aromatic N) is 4. The van der Waals surface area contributed by atoms with Gasteiger partial charge in [-0.1, -0.05) is 42.0 Å². The maximum atomic E-state index is 13.0. The summed E-state index contributed by atoms with van der Waals surface area (Å²) in [7, 11) is 0. The zero-order valence-corrected chi connectivity index (χ0v) is 16.3. The van der Waals surface area contributed by atoms with Gasteiger partial charge in [-0.05, 0) is 42.7 Å². The van der Waals surface area contributed by atoms with Gasteiger partial charge < -0.3 is 9.80 Å². The third-order valence-corrected chi connectivity index (χ3v) is 5.24. The Hall–Kier alpha value is -3.21. The van der Waals surface area contributed by atoms with Crippen LogP contribution in [0, 0.1) is 13.8 Å². The molecule has 3 aromatic rings. The van der Waals surface area contributed by atoms with Gasteiger partial charge in [0, 0.05) is 44.1 Å². The first-order valence-electron chi connectivity index (χ1n) is 9.61. The van der Waals surface area contributed by atoms with Gasteiger partial charge in [-0.3, -0.25) is 4.79 Å². The second-order valence-electron chi connectivity index (χ2n) is 7.22. The molecule has 4 rings (SSSR count). The first-order chi connectivity index (χ1) is 13.6. The van der Waals surface area contributed by atoms with Gasteiger partial charge in [-0.2, -0.15) is 0 Å². The Balaban J connectivity index is 1.46. The van der Waals surface area contributed by atoms with Gasteiger partial charge in [-0.25, -0.2) is 9.97 Å². The minimum atomic E-state index is 0.0987. The van der Waals surface area contributed by atoms with Crippen LogP contribution in [0.15, 0.2) is 60.9 Å². The molecule has 1 aliphatic rings. The van der Waals surface area contributed by atoms with E-state index in [9.17, 15) is 4.79 Å². The van der Waals surface area contributed by atoms with Gasteiger partial charge in [0.25, 0.3) is 5.91 Å². The third kappa shape index (κ3) is 3.74. The molecular weight excluding hydrogens is 348 g/mol. The molecule has 0 saturated carbocycles. The molecular formula is C23H24N4O. The van der Waals surface area contributed by atoms with Crippen molar-refractivity contribution >= 4 is 11.9 Å². The minimum Gasteiger partial charge on any atom is -0.337 e. The number of benzene rings is 2. The van der Waals surface area contributed by atoms with Crippen molar-refractivity contribution in [3.63, 3.8) is 0 Å². The number of rotatable bonds is 3. The fourth-order valence-electron chi connectivity index (χ4n) is 3.56. The van der Waals surface area contributed by atoms with Gasteiger partial charge in [0.05, 0.1) is 0 Å². The molecule has 5 nitrogen and oxygen atoms in total. The van der Waals surface area contributed by atoms with Crippen LogP contribution in [0.25, 0.3) is 11.1 Å². The van der Waals surface area contributed by atoms with E-state index in [0.717, 1.165) is 35.7 Å². The first-order valence-corrected chi connectivity index (χ1v) is 9.61. The standard InChI is InChI=1S/C23H24N4O/c1-17-4-6-19(7-5-17)20-8-9-21(18(2)16-20)22(28)26-12-14-27(15-13-26)23-24-10-3-11-25-23/h3-11,16H,12-15H2,1-2H3. The van der Waals surface area contributed by atoms with Gasteiger partial charge in [0.1, 0.15) is 0 Å². The number of anilines is 1. The lowest BCUT2D eigenvalue weighted by atomic mass is 9.98. The van der Waals surface area contributed by atoms with E-state index in [2.05, 4.69) is 52.1 Å². The topological polar surface area (TPSA) is 49.3 Å². The van der Waals surface area contributed by atoms with Crippen molar-refractivity contribution in [2.45, 2.75) is 13.8 Å². The summed E-state index contributed by atoms with van der Waals surface area (Å²) >= 11 is 0. The van der Waals surface area contributed by atoms with E-state index < -0.39 is 0 Å². The van der Waals surface area contributed by atoms with E-state index in [1.807, 2.05) is 30.0 Å². The number of aromatic nitrogens is 2. The van der Waals surface area contributed by atoms with Crippen LogP contribution in [0.3, 0.4) is 0 Å². The number of piperazine rings is 1. The largest absolute Gasteiger partial charge is 0.337 e. The van der Waals surface area contributed by atoms with E-state index >= 15 is 0 Å². The molecule has 1 aliphatic heterocycles. The molecule has 0 bridgehead atoms. The number of hydrogen-bond acceptors (Lipinski definition) is 4. The van der Waals surface area contributed by atoms with Crippen LogP contribution < -0.4 is 4.90 Å². The van der Waals surface area contributed by atoms with Crippen LogP contribution in [-0.4, -0.2) is 47.0 Å². The normalized spacial score (nSPS) is 14.2. The fourth-order valence-corrected chi connectivity index (χ4v) is 3.56. The van der Waals surface area contributed by atoms with Crippen LogP contribution in [0.1, 0.15) is 21.5 Å². The Morgan fingerprint density at radius 3 is 2.14 bits per heavy atom. The molecule has 0 unspecified atom stereocenters. The van der Waals surface area contributed by atoms with Crippen molar-refractivity contribution in [3.05, 3.63) is 77.6 Å². The van der Waals surface area contributed by atoms with Gasteiger partial charge >= 0.3 is 0 Å². The summed E-state index contributed by atoms with van der Waals surface area (Å²) in [5, 5.41) is 0. The molecule has 2 aromatic carbocycles. The van der Waals surface area contributed by atoms with Crippen molar-refractivity contribution < 1.29 is 4.79 Å². The molecule has 5 heteroatoms. The average Bonchev–Trinajstić information content (AvgIpc) is 2.74. The Morgan fingerprint density at radius 2 is 1.50 bits per heavy atom. The van der Waals surface area contributed by atoms with Crippen molar-refractivity contribution in [1.82, 2.24) is 14.9 Å². The summed E-state index contributed by atoms with van der Waals surface area (Å²) in [6.45, 7) is 6.94. The quantitative estimate of drug-likeness (QED) is 0.703. The van der Waals surface area contributed by atoms with Gasteiger partial charge in [-0.15, -0.1) is 0 Å². The summed E-state index contributed by atoms with van der Waals surface area (Å²) in [6, 6.07) is 16.4. The Labute approximate surface area is 165 Å². The van der Waals surface area contributed by atoms with Crippen LogP contribution in [0.5, 0.6) is 0 Å². The highest BCUT2D eigenvalue weighted by atomic mass is 16.2. The summed E-state index contributed by atoms with van der Waals surface area (Å²) in [4.78, 5) is 25.7. The molecule has 2 heterocycles. The van der Waals surface area contributed by atoms with Gasteiger partial charge in [0.2, 0.25) is 5.95 Å². The number of hydrogen-bond donors (Lipinski definition) is 0. The maximum Gasteiger partial charge on any atom is 0.254 e. The molecule has 1 fully saturated rings. The number of amides is 1. The number of carbonyl (C=O) groups excluding carboxylic acids is 1. The van der Waals surface area contributed by atoms with E-state index in [1.165, 1.54) is 11.1 Å². The second-order valence-corrected chi connectivity index (χ2v) is 7.22. The smallest absolute Gasteiger partial charge is 0.254 e. The molecule has 1 saturated heterocycles. The molecule has 0 N–H and O–H groups in total. The molecule has 1 aromatic heterocycles. The van der Waals surface area contributed by atoms with Crippen LogP contribution >= 0.6 is 0 Å². The highest BCUT2D eigenvalue weighted by molar-refractivity contribution is 5.96. The fraction of sp³-hybridized carbons (Fsp3) is 0.261. The van der Waals surface area contributed by atoms with Crippen LogP contribution in [0.4, 0.5) is 5.95 Å². The van der Waals surface area contributed by atoms with E-state index in [-0.39, 0.29) is 5.91 Å². The zero-order valence-electron chi connectivity index (χ0n) is 16.3. The van der Waals surface area contributed by atoms with Crippen molar-refractivity contribution in [3.8, 4) is 11.1 Å². The molecule has 0 spiro atoms.